The van der Waals surface area contributed by atoms with Crippen molar-refractivity contribution >= 4 is 16.1 Å². The number of rotatable bonds is 6. The Morgan fingerprint density at radius 3 is 2.54 bits per heavy atom. The zero-order valence-corrected chi connectivity index (χ0v) is 15.3. The summed E-state index contributed by atoms with van der Waals surface area (Å²) >= 11 is 0. The molecule has 2 aromatic rings. The van der Waals surface area contributed by atoms with Gasteiger partial charge in [0, 0.05) is 13.3 Å². The molecular formula is C19H19FO5S. The summed E-state index contributed by atoms with van der Waals surface area (Å²) in [5.74, 6) is -0.925. The lowest BCUT2D eigenvalue weighted by Gasteiger charge is -2.18. The first-order valence-corrected chi connectivity index (χ1v) is 9.53. The number of hydrogen-bond donors (Lipinski definition) is 0. The molecule has 0 aliphatic heterocycles. The fraction of sp³-hybridized carbons (Fsp3) is 0.316. The van der Waals surface area contributed by atoms with Gasteiger partial charge in [0.05, 0.1) is 16.9 Å². The molecule has 0 spiro atoms. The first kappa shape index (κ1) is 18.5. The summed E-state index contributed by atoms with van der Waals surface area (Å²) in [5, 5.41) is 0. The Morgan fingerprint density at radius 2 is 1.92 bits per heavy atom. The second kappa shape index (κ2) is 6.81. The molecule has 26 heavy (non-hydrogen) atoms. The number of halogens is 1. The molecule has 0 saturated heterocycles. The molecule has 0 amide bonds. The second-order valence-corrected chi connectivity index (χ2v) is 8.11. The Bertz CT molecular complexity index is 923. The summed E-state index contributed by atoms with van der Waals surface area (Å²) in [6.07, 6.45) is -0.172. The maximum Gasteiger partial charge on any atom is 0.302 e. The lowest BCUT2D eigenvalue weighted by molar-refractivity contribution is -0.143. The Balaban J connectivity index is 1.83. The number of ether oxygens (including phenoxy) is 1. The topological polar surface area (TPSA) is 69.7 Å². The Kier molecular flexibility index (Phi) is 4.86. The molecule has 5 nitrogen and oxygen atoms in total. The molecule has 1 fully saturated rings. The zero-order valence-electron chi connectivity index (χ0n) is 14.4. The molecule has 0 heterocycles. The van der Waals surface area contributed by atoms with Crippen LogP contribution in [0.3, 0.4) is 0 Å². The average molecular weight is 378 g/mol. The molecule has 1 saturated carbocycles. The third-order valence-corrected chi connectivity index (χ3v) is 5.77. The highest BCUT2D eigenvalue weighted by molar-refractivity contribution is 7.86. The highest BCUT2D eigenvalue weighted by atomic mass is 32.2. The van der Waals surface area contributed by atoms with E-state index in [2.05, 4.69) is 0 Å². The van der Waals surface area contributed by atoms with Gasteiger partial charge >= 0.3 is 5.97 Å². The third-order valence-electron chi connectivity index (χ3n) is 4.49. The minimum Gasteiger partial charge on any atom is -0.461 e. The predicted molar refractivity (Wildman–Crippen MR) is 92.6 cm³/mol. The molecule has 1 aliphatic carbocycles. The lowest BCUT2D eigenvalue weighted by atomic mass is 9.96. The van der Waals surface area contributed by atoms with E-state index in [1.54, 1.807) is 18.2 Å². The minimum absolute atomic E-state index is 0.0437. The summed E-state index contributed by atoms with van der Waals surface area (Å²) in [4.78, 5) is 11.3. The first-order valence-electron chi connectivity index (χ1n) is 8.12. The van der Waals surface area contributed by atoms with Gasteiger partial charge in [0.25, 0.3) is 10.1 Å². The van der Waals surface area contributed by atoms with Crippen molar-refractivity contribution in [2.75, 3.05) is 6.61 Å². The van der Waals surface area contributed by atoms with E-state index in [1.165, 1.54) is 37.3 Å². The standard InChI is InChI=1S/C19H19FO5S/c1-13-6-8-17(9-7-13)26(22,23)24-12-19(11-18(19)25-14(2)21)15-4-3-5-16(20)10-15/h3-10,18H,11-12H2,1-2H3/t18-,19-/m1/s1. The number of carbonyl (C=O) groups is 1. The van der Waals surface area contributed by atoms with Crippen molar-refractivity contribution in [1.29, 1.82) is 0 Å². The van der Waals surface area contributed by atoms with Crippen LogP contribution in [0.4, 0.5) is 4.39 Å². The quantitative estimate of drug-likeness (QED) is 0.571. The third kappa shape index (κ3) is 3.78. The van der Waals surface area contributed by atoms with E-state index in [-0.39, 0.29) is 11.5 Å². The van der Waals surface area contributed by atoms with Crippen LogP contribution in [-0.4, -0.2) is 27.1 Å². The number of hydrogen-bond acceptors (Lipinski definition) is 5. The molecule has 1 aliphatic rings. The van der Waals surface area contributed by atoms with Crippen molar-refractivity contribution in [3.63, 3.8) is 0 Å². The van der Waals surface area contributed by atoms with Crippen LogP contribution in [-0.2, 0) is 29.2 Å². The van der Waals surface area contributed by atoms with E-state index in [1.807, 2.05) is 6.92 Å². The summed E-state index contributed by atoms with van der Waals surface area (Å²) < 4.78 is 49.0. The van der Waals surface area contributed by atoms with Crippen LogP contribution in [0.2, 0.25) is 0 Å². The van der Waals surface area contributed by atoms with Crippen LogP contribution < -0.4 is 0 Å². The Morgan fingerprint density at radius 1 is 1.23 bits per heavy atom. The van der Waals surface area contributed by atoms with E-state index in [0.717, 1.165) is 5.56 Å². The molecule has 2 atom stereocenters. The van der Waals surface area contributed by atoms with Gasteiger partial charge in [-0.25, -0.2) is 4.39 Å². The molecule has 2 aromatic carbocycles. The van der Waals surface area contributed by atoms with Crippen molar-refractivity contribution in [3.8, 4) is 0 Å². The fourth-order valence-corrected chi connectivity index (χ4v) is 3.89. The Hall–Kier alpha value is -2.25. The Labute approximate surface area is 151 Å². The van der Waals surface area contributed by atoms with Crippen LogP contribution in [0.5, 0.6) is 0 Å². The first-order chi connectivity index (χ1) is 12.2. The smallest absolute Gasteiger partial charge is 0.302 e. The van der Waals surface area contributed by atoms with E-state index >= 15 is 0 Å². The number of aryl methyl sites for hydroxylation is 1. The second-order valence-electron chi connectivity index (χ2n) is 6.50. The largest absolute Gasteiger partial charge is 0.461 e. The SMILES string of the molecule is CC(=O)O[C@@H]1C[C@@]1(COS(=O)(=O)c1ccc(C)cc1)c1cccc(F)c1. The van der Waals surface area contributed by atoms with Gasteiger partial charge in [-0.05, 0) is 36.8 Å². The minimum atomic E-state index is -3.97. The molecule has 3 rings (SSSR count). The molecule has 0 radical (unpaired) electrons. The van der Waals surface area contributed by atoms with Gasteiger partial charge in [-0.1, -0.05) is 29.8 Å². The molecule has 7 heteroatoms. The van der Waals surface area contributed by atoms with Gasteiger partial charge in [0.2, 0.25) is 0 Å². The number of benzene rings is 2. The molecule has 0 aromatic heterocycles. The molecule has 0 bridgehead atoms. The van der Waals surface area contributed by atoms with Crippen molar-refractivity contribution in [2.45, 2.75) is 36.7 Å². The zero-order chi connectivity index (χ0) is 18.9. The van der Waals surface area contributed by atoms with Crippen molar-refractivity contribution < 1.29 is 26.5 Å². The van der Waals surface area contributed by atoms with Crippen molar-refractivity contribution in [2.24, 2.45) is 0 Å². The normalized spacial score (nSPS) is 22.0. The van der Waals surface area contributed by atoms with E-state index in [4.69, 9.17) is 8.92 Å². The molecule has 138 valence electrons. The number of esters is 1. The number of carbonyl (C=O) groups excluding carboxylic acids is 1. The summed E-state index contributed by atoms with van der Waals surface area (Å²) in [6.45, 7) is 2.90. The van der Waals surface area contributed by atoms with Gasteiger partial charge in [-0.3, -0.25) is 8.98 Å². The van der Waals surface area contributed by atoms with Gasteiger partial charge in [-0.15, -0.1) is 0 Å². The van der Waals surface area contributed by atoms with Crippen LogP contribution in [0.25, 0.3) is 0 Å². The maximum atomic E-state index is 13.6. The van der Waals surface area contributed by atoms with Crippen LogP contribution in [0.1, 0.15) is 24.5 Å². The summed E-state index contributed by atoms with van der Waals surface area (Å²) in [6, 6.07) is 12.1. The van der Waals surface area contributed by atoms with Gasteiger partial charge in [0.15, 0.2) is 0 Å². The fourth-order valence-electron chi connectivity index (χ4n) is 2.92. The molecule has 0 N–H and O–H groups in total. The van der Waals surface area contributed by atoms with Gasteiger partial charge < -0.3 is 4.74 Å². The monoisotopic (exact) mass is 378 g/mol. The van der Waals surface area contributed by atoms with Crippen molar-refractivity contribution in [1.82, 2.24) is 0 Å². The van der Waals surface area contributed by atoms with Gasteiger partial charge in [-0.2, -0.15) is 8.42 Å². The van der Waals surface area contributed by atoms with Gasteiger partial charge in [0.1, 0.15) is 11.9 Å². The maximum absolute atomic E-state index is 13.6. The highest BCUT2D eigenvalue weighted by Crippen LogP contribution is 2.51. The highest BCUT2D eigenvalue weighted by Gasteiger charge is 2.59. The lowest BCUT2D eigenvalue weighted by Crippen LogP contribution is -2.25. The molecule has 0 unspecified atom stereocenters. The van der Waals surface area contributed by atoms with E-state index < -0.39 is 33.4 Å². The van der Waals surface area contributed by atoms with Crippen LogP contribution in [0, 0.1) is 12.7 Å². The van der Waals surface area contributed by atoms with E-state index in [9.17, 15) is 17.6 Å². The van der Waals surface area contributed by atoms with Crippen LogP contribution in [0.15, 0.2) is 53.4 Å². The van der Waals surface area contributed by atoms with Crippen LogP contribution >= 0.6 is 0 Å². The average Bonchev–Trinajstić information content (AvgIpc) is 3.27. The molecular weight excluding hydrogens is 359 g/mol. The summed E-state index contributed by atoms with van der Waals surface area (Å²) in [7, 11) is -3.97. The van der Waals surface area contributed by atoms with E-state index in [0.29, 0.717) is 12.0 Å². The van der Waals surface area contributed by atoms with Crippen molar-refractivity contribution in [3.05, 3.63) is 65.5 Å². The predicted octanol–water partition coefficient (Wildman–Crippen LogP) is 3.11. The summed E-state index contributed by atoms with van der Waals surface area (Å²) in [5.41, 5.74) is 0.603.